The van der Waals surface area contributed by atoms with Gasteiger partial charge >= 0.3 is 0 Å². The minimum atomic E-state index is -0.455. The number of carbonyl (C=O) groups is 2. The molecule has 3 heteroatoms. The molecule has 0 fully saturated rings. The van der Waals surface area contributed by atoms with Gasteiger partial charge in [0, 0.05) is 27.2 Å². The zero-order chi connectivity index (χ0) is 15.6. The highest BCUT2D eigenvalue weighted by molar-refractivity contribution is 6.50. The van der Waals surface area contributed by atoms with Gasteiger partial charge in [0.15, 0.2) is 0 Å². The number of rotatable bonds is 0. The predicted octanol–water partition coefficient (Wildman–Crippen LogP) is 4.25. The van der Waals surface area contributed by atoms with Crippen LogP contribution in [-0.2, 0) is 4.79 Å². The van der Waals surface area contributed by atoms with Crippen molar-refractivity contribution >= 4 is 50.2 Å². The largest absolute Gasteiger partial charge is 0.354 e. The first kappa shape index (κ1) is 12.4. The molecule has 0 saturated heterocycles. The van der Waals surface area contributed by atoms with Crippen molar-refractivity contribution in [3.63, 3.8) is 0 Å². The second kappa shape index (κ2) is 4.17. The van der Waals surface area contributed by atoms with Crippen molar-refractivity contribution in [2.75, 3.05) is 0 Å². The van der Waals surface area contributed by atoms with Crippen LogP contribution >= 0.6 is 0 Å². The fraction of sp³-hybridized carbons (Fsp3) is 0. The Morgan fingerprint density at radius 1 is 0.696 bits per heavy atom. The van der Waals surface area contributed by atoms with Gasteiger partial charge in [-0.05, 0) is 35.2 Å². The summed E-state index contributed by atoms with van der Waals surface area (Å²) in [6, 6.07) is 16.0. The lowest BCUT2D eigenvalue weighted by atomic mass is 9.90. The van der Waals surface area contributed by atoms with Crippen LogP contribution in [0.15, 0.2) is 54.6 Å². The molecule has 1 aliphatic carbocycles. The van der Waals surface area contributed by atoms with Gasteiger partial charge in [0.2, 0.25) is 11.6 Å². The lowest BCUT2D eigenvalue weighted by Crippen LogP contribution is -2.16. The summed E-state index contributed by atoms with van der Waals surface area (Å²) >= 11 is 0. The first-order valence-electron chi connectivity index (χ1n) is 7.47. The Balaban J connectivity index is 1.96. The van der Waals surface area contributed by atoms with Gasteiger partial charge in [0.05, 0.1) is 5.52 Å². The maximum atomic E-state index is 12.1. The molecule has 1 N–H and O–H groups in total. The van der Waals surface area contributed by atoms with Crippen LogP contribution < -0.4 is 0 Å². The predicted molar refractivity (Wildman–Crippen MR) is 91.7 cm³/mol. The maximum Gasteiger partial charge on any atom is 0.233 e. The Labute approximate surface area is 131 Å². The molecule has 0 spiro atoms. The molecule has 0 radical (unpaired) electrons. The van der Waals surface area contributed by atoms with Gasteiger partial charge in [-0.25, -0.2) is 0 Å². The lowest BCUT2D eigenvalue weighted by molar-refractivity contribution is -0.110. The van der Waals surface area contributed by atoms with Crippen LogP contribution in [0.25, 0.3) is 38.7 Å². The second-order valence-electron chi connectivity index (χ2n) is 5.81. The van der Waals surface area contributed by atoms with Gasteiger partial charge in [-0.15, -0.1) is 0 Å². The SMILES string of the molecule is O=C1C=Cc2c(ccc3c2ccc2c4ccccc4[nH]c32)C1=O. The molecule has 5 rings (SSSR count). The summed E-state index contributed by atoms with van der Waals surface area (Å²) in [5.41, 5.74) is 3.46. The summed E-state index contributed by atoms with van der Waals surface area (Å²) in [6.07, 6.45) is 3.11. The van der Waals surface area contributed by atoms with Gasteiger partial charge in [0.25, 0.3) is 0 Å². The number of fused-ring (bicyclic) bond motifs is 7. The van der Waals surface area contributed by atoms with E-state index in [4.69, 9.17) is 0 Å². The third-order valence-corrected chi connectivity index (χ3v) is 4.59. The molecule has 108 valence electrons. The fourth-order valence-corrected chi connectivity index (χ4v) is 3.49. The number of H-pyrrole nitrogens is 1. The summed E-state index contributed by atoms with van der Waals surface area (Å²) in [5.74, 6) is -0.885. The van der Waals surface area contributed by atoms with Crippen molar-refractivity contribution in [1.29, 1.82) is 0 Å². The molecule has 0 saturated carbocycles. The van der Waals surface area contributed by atoms with Crippen LogP contribution in [0.4, 0.5) is 0 Å². The molecule has 0 bridgehead atoms. The van der Waals surface area contributed by atoms with E-state index < -0.39 is 11.6 Å². The Morgan fingerprint density at radius 3 is 2.35 bits per heavy atom. The van der Waals surface area contributed by atoms with Crippen molar-refractivity contribution in [3.8, 4) is 0 Å². The van der Waals surface area contributed by atoms with Gasteiger partial charge in [-0.1, -0.05) is 36.4 Å². The van der Waals surface area contributed by atoms with E-state index in [0.717, 1.165) is 32.8 Å². The number of allylic oxidation sites excluding steroid dienone is 1. The molecular weight excluding hydrogens is 286 g/mol. The molecule has 0 atom stereocenters. The quantitative estimate of drug-likeness (QED) is 0.493. The number of hydrogen-bond donors (Lipinski definition) is 1. The second-order valence-corrected chi connectivity index (χ2v) is 5.81. The molecule has 0 amide bonds. The van der Waals surface area contributed by atoms with Crippen LogP contribution in [0.5, 0.6) is 0 Å². The molecule has 3 nitrogen and oxygen atoms in total. The lowest BCUT2D eigenvalue weighted by Gasteiger charge is -2.12. The van der Waals surface area contributed by atoms with Crippen LogP contribution in [0.3, 0.4) is 0 Å². The standard InChI is InChI=1S/C20H11NO2/c22-18-10-9-12-11-5-6-15-13-3-1-2-4-17(13)21-19(15)14(11)7-8-16(12)20(18)23/h1-10,21H. The summed E-state index contributed by atoms with van der Waals surface area (Å²) < 4.78 is 0. The van der Waals surface area contributed by atoms with Gasteiger partial charge < -0.3 is 4.98 Å². The van der Waals surface area contributed by atoms with Crippen molar-refractivity contribution < 1.29 is 9.59 Å². The molecule has 1 heterocycles. The number of Topliss-reactive ketones (excluding diaryl/α,β-unsaturated/α-hetero) is 1. The van der Waals surface area contributed by atoms with Crippen LogP contribution in [0, 0.1) is 0 Å². The van der Waals surface area contributed by atoms with E-state index in [9.17, 15) is 9.59 Å². The molecule has 0 aliphatic heterocycles. The van der Waals surface area contributed by atoms with Crippen molar-refractivity contribution in [2.24, 2.45) is 0 Å². The molecule has 3 aromatic carbocycles. The summed E-state index contributed by atoms with van der Waals surface area (Å²) in [4.78, 5) is 27.1. The zero-order valence-corrected chi connectivity index (χ0v) is 12.1. The molecule has 1 aliphatic rings. The average molecular weight is 297 g/mol. The first-order chi connectivity index (χ1) is 11.2. The molecular formula is C20H11NO2. The number of nitrogens with one attached hydrogen (secondary N) is 1. The minimum absolute atomic E-state index is 0.429. The van der Waals surface area contributed by atoms with Gasteiger partial charge in [-0.2, -0.15) is 0 Å². The monoisotopic (exact) mass is 297 g/mol. The maximum absolute atomic E-state index is 12.1. The van der Waals surface area contributed by atoms with Crippen molar-refractivity contribution in [2.45, 2.75) is 0 Å². The van der Waals surface area contributed by atoms with E-state index in [1.54, 1.807) is 12.1 Å². The number of ketones is 2. The van der Waals surface area contributed by atoms with Crippen LogP contribution in [-0.4, -0.2) is 16.6 Å². The fourth-order valence-electron chi connectivity index (χ4n) is 3.49. The highest BCUT2D eigenvalue weighted by Crippen LogP contribution is 2.35. The van der Waals surface area contributed by atoms with Crippen LogP contribution in [0.2, 0.25) is 0 Å². The van der Waals surface area contributed by atoms with Crippen molar-refractivity contribution in [1.82, 2.24) is 4.98 Å². The number of benzene rings is 3. The number of para-hydroxylation sites is 1. The molecule has 23 heavy (non-hydrogen) atoms. The van der Waals surface area contributed by atoms with E-state index in [1.165, 1.54) is 11.5 Å². The van der Waals surface area contributed by atoms with Gasteiger partial charge in [0.1, 0.15) is 0 Å². The number of carbonyl (C=O) groups excluding carboxylic acids is 2. The summed E-state index contributed by atoms with van der Waals surface area (Å²) in [5, 5.41) is 4.39. The molecule has 4 aromatic rings. The van der Waals surface area contributed by atoms with E-state index >= 15 is 0 Å². The summed E-state index contributed by atoms with van der Waals surface area (Å²) in [7, 11) is 0. The average Bonchev–Trinajstić information content (AvgIpc) is 2.96. The normalized spacial score (nSPS) is 14.1. The van der Waals surface area contributed by atoms with E-state index in [1.807, 2.05) is 24.3 Å². The molecule has 0 unspecified atom stereocenters. The number of aromatic nitrogens is 1. The summed E-state index contributed by atoms with van der Waals surface area (Å²) in [6.45, 7) is 0. The smallest absolute Gasteiger partial charge is 0.233 e. The Bertz CT molecular complexity index is 1190. The van der Waals surface area contributed by atoms with Crippen LogP contribution in [0.1, 0.15) is 15.9 Å². The Kier molecular flexibility index (Phi) is 2.24. The van der Waals surface area contributed by atoms with Crippen molar-refractivity contribution in [3.05, 3.63) is 65.7 Å². The highest BCUT2D eigenvalue weighted by Gasteiger charge is 2.22. The highest BCUT2D eigenvalue weighted by atomic mass is 16.2. The zero-order valence-electron chi connectivity index (χ0n) is 12.1. The van der Waals surface area contributed by atoms with E-state index in [0.29, 0.717) is 5.56 Å². The third-order valence-electron chi connectivity index (χ3n) is 4.59. The van der Waals surface area contributed by atoms with E-state index in [-0.39, 0.29) is 0 Å². The minimum Gasteiger partial charge on any atom is -0.354 e. The third kappa shape index (κ3) is 1.53. The van der Waals surface area contributed by atoms with Gasteiger partial charge in [-0.3, -0.25) is 9.59 Å². The first-order valence-corrected chi connectivity index (χ1v) is 7.47. The topological polar surface area (TPSA) is 49.9 Å². The Morgan fingerprint density at radius 2 is 1.43 bits per heavy atom. The molecule has 1 aromatic heterocycles. The number of hydrogen-bond acceptors (Lipinski definition) is 2. The van der Waals surface area contributed by atoms with E-state index in [2.05, 4.69) is 23.2 Å². The Hall–Kier alpha value is -3.20. The number of aromatic amines is 1.